The van der Waals surface area contributed by atoms with Crippen molar-refractivity contribution in [2.75, 3.05) is 19.7 Å². The predicted octanol–water partition coefficient (Wildman–Crippen LogP) is 2.94. The van der Waals surface area contributed by atoms with Gasteiger partial charge in [-0.15, -0.1) is 5.06 Å². The predicted molar refractivity (Wildman–Crippen MR) is 80.3 cm³/mol. The Balaban J connectivity index is 2.18. The summed E-state index contributed by atoms with van der Waals surface area (Å²) in [5.41, 5.74) is -0.462. The van der Waals surface area contributed by atoms with Crippen LogP contribution in [-0.2, 0) is 19.2 Å². The van der Waals surface area contributed by atoms with E-state index < -0.39 is 5.41 Å². The molecule has 21 heavy (non-hydrogen) atoms. The molecule has 0 saturated carbocycles. The minimum Gasteiger partial charge on any atom is -0.466 e. The van der Waals surface area contributed by atoms with Crippen LogP contribution >= 0.6 is 0 Å². The van der Waals surface area contributed by atoms with Crippen molar-refractivity contribution >= 4 is 11.9 Å². The molecule has 0 unspecified atom stereocenters. The lowest BCUT2D eigenvalue weighted by atomic mass is 9.92. The van der Waals surface area contributed by atoms with E-state index in [4.69, 9.17) is 9.57 Å². The van der Waals surface area contributed by atoms with Gasteiger partial charge >= 0.3 is 11.9 Å². The fourth-order valence-corrected chi connectivity index (χ4v) is 2.31. The Morgan fingerprint density at radius 3 is 2.33 bits per heavy atom. The average Bonchev–Trinajstić information content (AvgIpc) is 2.40. The first-order chi connectivity index (χ1) is 9.82. The molecule has 122 valence electrons. The fraction of sp³-hybridized carbons (Fsp3) is 0.875. The Kier molecular flexibility index (Phi) is 7.15. The second kappa shape index (κ2) is 8.37. The highest BCUT2D eigenvalue weighted by atomic mass is 16.7. The van der Waals surface area contributed by atoms with Gasteiger partial charge in [0.15, 0.2) is 0 Å². The maximum atomic E-state index is 11.8. The Morgan fingerprint density at radius 2 is 1.81 bits per heavy atom. The van der Waals surface area contributed by atoms with E-state index in [2.05, 4.69) is 0 Å². The number of nitrogens with zero attached hydrogens (tertiary/aromatic N) is 1. The van der Waals surface area contributed by atoms with Crippen LogP contribution in [0.25, 0.3) is 0 Å². The minimum absolute atomic E-state index is 0.103. The van der Waals surface area contributed by atoms with E-state index >= 15 is 0 Å². The van der Waals surface area contributed by atoms with E-state index in [1.807, 2.05) is 27.7 Å². The van der Waals surface area contributed by atoms with Crippen molar-refractivity contribution in [1.29, 1.82) is 0 Å². The summed E-state index contributed by atoms with van der Waals surface area (Å²) in [5.74, 6) is 0.335. The van der Waals surface area contributed by atoms with E-state index in [0.717, 1.165) is 38.8 Å². The zero-order valence-electron chi connectivity index (χ0n) is 13.8. The molecule has 0 aromatic heterocycles. The van der Waals surface area contributed by atoms with E-state index in [-0.39, 0.29) is 11.9 Å². The van der Waals surface area contributed by atoms with E-state index in [1.165, 1.54) is 0 Å². The van der Waals surface area contributed by atoms with Crippen LogP contribution in [0.4, 0.5) is 0 Å². The lowest BCUT2D eigenvalue weighted by molar-refractivity contribution is -0.206. The van der Waals surface area contributed by atoms with Crippen molar-refractivity contribution in [2.24, 2.45) is 11.3 Å². The third-order valence-electron chi connectivity index (χ3n) is 3.70. The first kappa shape index (κ1) is 18.0. The molecule has 0 aromatic rings. The van der Waals surface area contributed by atoms with Crippen LogP contribution in [-0.4, -0.2) is 36.7 Å². The SMILES string of the molecule is CCOC(=O)CCCC1CCN(OC(=O)C(C)(C)C)CC1. The number of esters is 1. The summed E-state index contributed by atoms with van der Waals surface area (Å²) >= 11 is 0. The van der Waals surface area contributed by atoms with Gasteiger partial charge in [-0.1, -0.05) is 0 Å². The van der Waals surface area contributed by atoms with Gasteiger partial charge in [-0.05, 0) is 59.3 Å². The fourth-order valence-electron chi connectivity index (χ4n) is 2.31. The molecule has 1 fully saturated rings. The van der Waals surface area contributed by atoms with Gasteiger partial charge in [-0.2, -0.15) is 0 Å². The van der Waals surface area contributed by atoms with Crippen LogP contribution in [0.1, 0.15) is 59.8 Å². The van der Waals surface area contributed by atoms with Crippen molar-refractivity contribution < 1.29 is 19.2 Å². The molecule has 0 atom stereocenters. The maximum Gasteiger partial charge on any atom is 0.330 e. The minimum atomic E-state index is -0.462. The topological polar surface area (TPSA) is 55.8 Å². The van der Waals surface area contributed by atoms with Crippen LogP contribution in [0.5, 0.6) is 0 Å². The van der Waals surface area contributed by atoms with Gasteiger partial charge in [0.05, 0.1) is 12.0 Å². The van der Waals surface area contributed by atoms with Gasteiger partial charge in [0.25, 0.3) is 0 Å². The lowest BCUT2D eigenvalue weighted by Crippen LogP contribution is -2.38. The smallest absolute Gasteiger partial charge is 0.330 e. The van der Waals surface area contributed by atoms with E-state index in [9.17, 15) is 9.59 Å². The van der Waals surface area contributed by atoms with Crippen molar-refractivity contribution in [3.05, 3.63) is 0 Å². The van der Waals surface area contributed by atoms with Crippen molar-refractivity contribution in [2.45, 2.75) is 59.8 Å². The first-order valence-corrected chi connectivity index (χ1v) is 7.96. The number of ether oxygens (including phenoxy) is 1. The summed E-state index contributed by atoms with van der Waals surface area (Å²) in [5, 5.41) is 1.77. The number of hydrogen-bond donors (Lipinski definition) is 0. The van der Waals surface area contributed by atoms with Gasteiger partial charge in [0.2, 0.25) is 0 Å². The Morgan fingerprint density at radius 1 is 1.19 bits per heavy atom. The van der Waals surface area contributed by atoms with Gasteiger partial charge in [-0.25, -0.2) is 4.79 Å². The number of piperidine rings is 1. The quantitative estimate of drug-likeness (QED) is 0.706. The van der Waals surface area contributed by atoms with Crippen LogP contribution in [0, 0.1) is 11.3 Å². The van der Waals surface area contributed by atoms with Crippen LogP contribution < -0.4 is 0 Å². The van der Waals surface area contributed by atoms with Gasteiger partial charge in [-0.3, -0.25) is 4.79 Å². The molecular formula is C16H29NO4. The van der Waals surface area contributed by atoms with E-state index in [0.29, 0.717) is 18.9 Å². The van der Waals surface area contributed by atoms with Crippen molar-refractivity contribution in [3.63, 3.8) is 0 Å². The Bertz CT molecular complexity index is 341. The molecule has 0 N–H and O–H groups in total. The number of carbonyl (C=O) groups is 2. The van der Waals surface area contributed by atoms with Crippen LogP contribution in [0.2, 0.25) is 0 Å². The molecule has 1 saturated heterocycles. The standard InChI is InChI=1S/C16H29NO4/c1-5-20-14(18)8-6-7-13-9-11-17(12-10-13)21-15(19)16(2,3)4/h13H,5-12H2,1-4H3. The monoisotopic (exact) mass is 299 g/mol. The highest BCUT2D eigenvalue weighted by Crippen LogP contribution is 2.24. The molecule has 0 radical (unpaired) electrons. The van der Waals surface area contributed by atoms with Crippen molar-refractivity contribution in [3.8, 4) is 0 Å². The Labute approximate surface area is 127 Å². The molecule has 0 spiro atoms. The molecule has 0 bridgehead atoms. The summed E-state index contributed by atoms with van der Waals surface area (Å²) in [6.07, 6.45) is 4.46. The summed E-state index contributed by atoms with van der Waals surface area (Å²) in [7, 11) is 0. The first-order valence-electron chi connectivity index (χ1n) is 7.96. The molecule has 0 aliphatic carbocycles. The summed E-state index contributed by atoms with van der Waals surface area (Å²) < 4.78 is 4.92. The maximum absolute atomic E-state index is 11.8. The average molecular weight is 299 g/mol. The van der Waals surface area contributed by atoms with Crippen LogP contribution in [0.15, 0.2) is 0 Å². The summed E-state index contributed by atoms with van der Waals surface area (Å²) in [6.45, 7) is 9.42. The molecule has 1 aliphatic rings. The number of rotatable bonds is 6. The highest BCUT2D eigenvalue weighted by molar-refractivity contribution is 5.75. The molecule has 5 nitrogen and oxygen atoms in total. The molecule has 1 aliphatic heterocycles. The summed E-state index contributed by atoms with van der Waals surface area (Å²) in [6, 6.07) is 0. The Hall–Kier alpha value is -1.10. The molecule has 0 amide bonds. The second-order valence-corrected chi connectivity index (χ2v) is 6.70. The summed E-state index contributed by atoms with van der Waals surface area (Å²) in [4.78, 5) is 28.5. The number of carbonyl (C=O) groups excluding carboxylic acids is 2. The number of hydroxylamine groups is 2. The third-order valence-corrected chi connectivity index (χ3v) is 3.70. The molecular weight excluding hydrogens is 270 g/mol. The normalized spacial score (nSPS) is 17.5. The van der Waals surface area contributed by atoms with Crippen LogP contribution in [0.3, 0.4) is 0 Å². The highest BCUT2D eigenvalue weighted by Gasteiger charge is 2.28. The van der Waals surface area contributed by atoms with E-state index in [1.54, 1.807) is 5.06 Å². The molecule has 5 heteroatoms. The molecule has 1 heterocycles. The van der Waals surface area contributed by atoms with Gasteiger partial charge < -0.3 is 9.57 Å². The largest absolute Gasteiger partial charge is 0.466 e. The third kappa shape index (κ3) is 6.93. The van der Waals surface area contributed by atoms with Gasteiger partial charge in [0, 0.05) is 19.5 Å². The zero-order valence-corrected chi connectivity index (χ0v) is 13.8. The molecule has 0 aromatic carbocycles. The zero-order chi connectivity index (χ0) is 15.9. The number of hydrogen-bond acceptors (Lipinski definition) is 5. The molecule has 1 rings (SSSR count). The second-order valence-electron chi connectivity index (χ2n) is 6.70. The lowest BCUT2D eigenvalue weighted by Gasteiger charge is -2.32. The van der Waals surface area contributed by atoms with Crippen molar-refractivity contribution in [1.82, 2.24) is 5.06 Å². The van der Waals surface area contributed by atoms with Gasteiger partial charge in [0.1, 0.15) is 0 Å².